The molecule has 4 nitrogen and oxygen atoms in total. The molecule has 3 rings (SSSR count). The molecular weight excluding hydrogens is 326 g/mol. The Balaban J connectivity index is 2.15. The van der Waals surface area contributed by atoms with E-state index < -0.39 is 0 Å². The highest BCUT2D eigenvalue weighted by Crippen LogP contribution is 2.38. The van der Waals surface area contributed by atoms with Gasteiger partial charge >= 0.3 is 5.97 Å². The van der Waals surface area contributed by atoms with E-state index in [4.69, 9.17) is 9.47 Å². The van der Waals surface area contributed by atoms with Gasteiger partial charge in [-0.25, -0.2) is 4.79 Å². The Kier molecular flexibility index (Phi) is 5.21. The molecule has 0 amide bonds. The summed E-state index contributed by atoms with van der Waals surface area (Å²) in [6.07, 6.45) is 1.81. The van der Waals surface area contributed by atoms with E-state index in [0.717, 1.165) is 33.2 Å². The molecule has 0 radical (unpaired) electrons. The molecule has 0 fully saturated rings. The summed E-state index contributed by atoms with van der Waals surface area (Å²) in [5.74, 6) is 0.293. The highest BCUT2D eigenvalue weighted by molar-refractivity contribution is 5.95. The number of fused-ring (bicyclic) bond motifs is 1. The number of ether oxygens (including phenoxy) is 2. The van der Waals surface area contributed by atoms with Crippen molar-refractivity contribution in [3.8, 4) is 16.9 Å². The number of benzene rings is 2. The largest absolute Gasteiger partial charge is 0.480 e. The molecule has 2 aromatic carbocycles. The van der Waals surface area contributed by atoms with Crippen molar-refractivity contribution in [2.24, 2.45) is 0 Å². The van der Waals surface area contributed by atoms with E-state index in [0.29, 0.717) is 12.4 Å². The predicted molar refractivity (Wildman–Crippen MR) is 104 cm³/mol. The van der Waals surface area contributed by atoms with Crippen LogP contribution in [-0.4, -0.2) is 24.2 Å². The van der Waals surface area contributed by atoms with Crippen molar-refractivity contribution < 1.29 is 14.3 Å². The van der Waals surface area contributed by atoms with E-state index in [2.05, 4.69) is 23.2 Å². The first kappa shape index (κ1) is 17.9. The summed E-state index contributed by atoms with van der Waals surface area (Å²) in [6, 6.07) is 12.3. The lowest BCUT2D eigenvalue weighted by Gasteiger charge is -2.16. The lowest BCUT2D eigenvalue weighted by molar-refractivity contribution is -0.145. The van der Waals surface area contributed by atoms with Gasteiger partial charge in [-0.1, -0.05) is 35.9 Å². The van der Waals surface area contributed by atoms with Gasteiger partial charge in [-0.3, -0.25) is 4.98 Å². The third-order valence-corrected chi connectivity index (χ3v) is 4.27. The molecule has 134 valence electrons. The van der Waals surface area contributed by atoms with Crippen LogP contribution in [0.5, 0.6) is 5.75 Å². The van der Waals surface area contributed by atoms with Crippen molar-refractivity contribution in [2.75, 3.05) is 13.2 Å². The van der Waals surface area contributed by atoms with Gasteiger partial charge in [0.2, 0.25) is 0 Å². The summed E-state index contributed by atoms with van der Waals surface area (Å²) in [7, 11) is 0. The van der Waals surface area contributed by atoms with Gasteiger partial charge in [0.25, 0.3) is 0 Å². The molecule has 0 bridgehead atoms. The van der Waals surface area contributed by atoms with Gasteiger partial charge < -0.3 is 9.47 Å². The summed E-state index contributed by atoms with van der Waals surface area (Å²) in [5.41, 5.74) is 6.13. The van der Waals surface area contributed by atoms with E-state index in [1.54, 1.807) is 6.92 Å². The topological polar surface area (TPSA) is 48.4 Å². The summed E-state index contributed by atoms with van der Waals surface area (Å²) >= 11 is 0. The molecule has 4 heteroatoms. The van der Waals surface area contributed by atoms with Crippen molar-refractivity contribution in [3.05, 3.63) is 59.3 Å². The van der Waals surface area contributed by atoms with Crippen LogP contribution in [0.4, 0.5) is 0 Å². The lowest BCUT2D eigenvalue weighted by atomic mass is 9.99. The molecule has 0 aliphatic carbocycles. The molecule has 0 saturated carbocycles. The Morgan fingerprint density at radius 3 is 2.46 bits per heavy atom. The molecule has 1 aromatic heterocycles. The van der Waals surface area contributed by atoms with Gasteiger partial charge in [0.1, 0.15) is 5.75 Å². The number of esters is 1. The second-order valence-electron chi connectivity index (χ2n) is 6.44. The molecular formula is C22H23NO3. The van der Waals surface area contributed by atoms with Crippen molar-refractivity contribution in [1.82, 2.24) is 4.98 Å². The monoisotopic (exact) mass is 349 g/mol. The van der Waals surface area contributed by atoms with E-state index in [-0.39, 0.29) is 12.6 Å². The van der Waals surface area contributed by atoms with Crippen molar-refractivity contribution in [3.63, 3.8) is 0 Å². The Bertz CT molecular complexity index is 946. The third-order valence-electron chi connectivity index (χ3n) is 4.27. The average Bonchev–Trinajstić information content (AvgIpc) is 2.60. The van der Waals surface area contributed by atoms with E-state index in [9.17, 15) is 4.79 Å². The van der Waals surface area contributed by atoms with Gasteiger partial charge in [0.05, 0.1) is 12.1 Å². The first-order chi connectivity index (χ1) is 12.5. The van der Waals surface area contributed by atoms with E-state index >= 15 is 0 Å². The molecule has 1 heterocycles. The van der Waals surface area contributed by atoms with Gasteiger partial charge in [-0.15, -0.1) is 0 Å². The molecule has 0 spiro atoms. The van der Waals surface area contributed by atoms with Crippen LogP contribution in [-0.2, 0) is 9.53 Å². The molecule has 0 aliphatic rings. The predicted octanol–water partition coefficient (Wildman–Crippen LogP) is 4.77. The van der Waals surface area contributed by atoms with Gasteiger partial charge in [0, 0.05) is 17.1 Å². The Morgan fingerprint density at radius 2 is 1.77 bits per heavy atom. The Labute approximate surface area is 153 Å². The van der Waals surface area contributed by atoms with Crippen LogP contribution in [0.3, 0.4) is 0 Å². The van der Waals surface area contributed by atoms with Gasteiger partial charge in [0.15, 0.2) is 6.61 Å². The molecule has 0 unspecified atom stereocenters. The fourth-order valence-electron chi connectivity index (χ4n) is 3.09. The zero-order valence-electron chi connectivity index (χ0n) is 15.6. The fourth-order valence-corrected chi connectivity index (χ4v) is 3.09. The van der Waals surface area contributed by atoms with Crippen molar-refractivity contribution in [1.29, 1.82) is 0 Å². The summed E-state index contributed by atoms with van der Waals surface area (Å²) < 4.78 is 11.0. The second-order valence-corrected chi connectivity index (χ2v) is 6.44. The normalized spacial score (nSPS) is 10.8. The Morgan fingerprint density at radius 1 is 1.04 bits per heavy atom. The first-order valence-electron chi connectivity index (χ1n) is 8.75. The number of hydrogen-bond donors (Lipinski definition) is 0. The quantitative estimate of drug-likeness (QED) is 0.623. The molecule has 0 saturated heterocycles. The first-order valence-corrected chi connectivity index (χ1v) is 8.75. The fraction of sp³-hybridized carbons (Fsp3) is 0.273. The smallest absolute Gasteiger partial charge is 0.344 e. The molecule has 0 atom stereocenters. The summed E-state index contributed by atoms with van der Waals surface area (Å²) in [4.78, 5) is 16.5. The van der Waals surface area contributed by atoms with Crippen LogP contribution in [0.1, 0.15) is 23.6 Å². The number of hydrogen-bond acceptors (Lipinski definition) is 4. The van der Waals surface area contributed by atoms with Crippen LogP contribution in [0.2, 0.25) is 0 Å². The minimum Gasteiger partial charge on any atom is -0.480 e. The SMILES string of the molecule is CCOC(=O)COc1c(-c2ccc(C)cc2)cnc2cc(C)cc(C)c12. The summed E-state index contributed by atoms with van der Waals surface area (Å²) in [5, 5.41) is 0.929. The minimum absolute atomic E-state index is 0.126. The van der Waals surface area contributed by atoms with Crippen LogP contribution in [0.15, 0.2) is 42.6 Å². The van der Waals surface area contributed by atoms with Crippen LogP contribution in [0.25, 0.3) is 22.0 Å². The lowest BCUT2D eigenvalue weighted by Crippen LogP contribution is -2.15. The van der Waals surface area contributed by atoms with Crippen LogP contribution < -0.4 is 4.74 Å². The third kappa shape index (κ3) is 3.69. The maximum atomic E-state index is 11.8. The zero-order chi connectivity index (χ0) is 18.7. The number of carbonyl (C=O) groups excluding carboxylic acids is 1. The summed E-state index contributed by atoms with van der Waals surface area (Å²) in [6.45, 7) is 8.12. The standard InChI is InChI=1S/C22H23NO3/c1-5-25-20(24)13-26-22-18(17-8-6-14(2)7-9-17)12-23-19-11-15(3)10-16(4)21(19)22/h6-12H,5,13H2,1-4H3. The van der Waals surface area contributed by atoms with Crippen LogP contribution >= 0.6 is 0 Å². The number of pyridine rings is 1. The molecule has 0 N–H and O–H groups in total. The highest BCUT2D eigenvalue weighted by atomic mass is 16.6. The number of carbonyl (C=O) groups is 1. The molecule has 26 heavy (non-hydrogen) atoms. The Hall–Kier alpha value is -2.88. The van der Waals surface area contributed by atoms with Crippen molar-refractivity contribution >= 4 is 16.9 Å². The minimum atomic E-state index is -0.378. The molecule has 3 aromatic rings. The van der Waals surface area contributed by atoms with Gasteiger partial charge in [-0.05, 0) is 50.5 Å². The van der Waals surface area contributed by atoms with Crippen molar-refractivity contribution in [2.45, 2.75) is 27.7 Å². The number of rotatable bonds is 5. The van der Waals surface area contributed by atoms with E-state index in [1.165, 1.54) is 5.56 Å². The number of aryl methyl sites for hydroxylation is 3. The molecule has 0 aliphatic heterocycles. The zero-order valence-corrected chi connectivity index (χ0v) is 15.6. The number of nitrogens with zero attached hydrogens (tertiary/aromatic N) is 1. The average molecular weight is 349 g/mol. The van der Waals surface area contributed by atoms with Gasteiger partial charge in [-0.2, -0.15) is 0 Å². The maximum absolute atomic E-state index is 11.8. The maximum Gasteiger partial charge on any atom is 0.344 e. The number of aromatic nitrogens is 1. The van der Waals surface area contributed by atoms with E-state index in [1.807, 2.05) is 45.2 Å². The van der Waals surface area contributed by atoms with Crippen LogP contribution in [0, 0.1) is 20.8 Å². The highest BCUT2D eigenvalue weighted by Gasteiger charge is 2.16. The second kappa shape index (κ2) is 7.56.